The molecule has 0 fully saturated rings. The highest BCUT2D eigenvalue weighted by Crippen LogP contribution is 2.23. The van der Waals surface area contributed by atoms with Gasteiger partial charge < -0.3 is 31.2 Å². The molecule has 0 aliphatic carbocycles. The monoisotopic (exact) mass is 458 g/mol. The Morgan fingerprint density at radius 2 is 0.912 bits per heavy atom. The summed E-state index contributed by atoms with van der Waals surface area (Å²) in [7, 11) is 0. The van der Waals surface area contributed by atoms with Gasteiger partial charge in [0.15, 0.2) is 0 Å². The smallest absolute Gasteiger partial charge is 0.347 e. The van der Waals surface area contributed by atoms with Gasteiger partial charge in [0.25, 0.3) is 0 Å². The zero-order valence-electron chi connectivity index (χ0n) is 17.9. The van der Waals surface area contributed by atoms with Gasteiger partial charge in [-0.05, 0) is 48.5 Å². The minimum atomic E-state index is -0.617. The second kappa shape index (κ2) is 11.1. The molecule has 0 heterocycles. The lowest BCUT2D eigenvalue weighted by Gasteiger charge is -2.06. The molecule has 0 bridgehead atoms. The summed E-state index contributed by atoms with van der Waals surface area (Å²) < 4.78 is 10.2. The number of carbonyl (C=O) groups is 2. The Bertz CT molecular complexity index is 1180. The van der Waals surface area contributed by atoms with Crippen molar-refractivity contribution in [3.05, 3.63) is 108 Å². The van der Waals surface area contributed by atoms with Gasteiger partial charge in [0.05, 0.1) is 0 Å². The van der Waals surface area contributed by atoms with Crippen molar-refractivity contribution in [3.8, 4) is 23.0 Å². The second-order valence-corrected chi connectivity index (χ2v) is 6.96. The number of nitrogens with two attached hydrogens (primary N) is 2. The van der Waals surface area contributed by atoms with Crippen LogP contribution in [-0.4, -0.2) is 22.2 Å². The van der Waals surface area contributed by atoms with E-state index in [0.29, 0.717) is 22.9 Å². The molecule has 4 aromatic rings. The van der Waals surface area contributed by atoms with E-state index in [1.54, 1.807) is 48.5 Å². The van der Waals surface area contributed by atoms with Crippen molar-refractivity contribution in [1.82, 2.24) is 0 Å². The summed E-state index contributed by atoms with van der Waals surface area (Å²) in [5, 5.41) is 19.1. The van der Waals surface area contributed by atoms with E-state index in [2.05, 4.69) is 0 Å². The highest BCUT2D eigenvalue weighted by atomic mass is 16.5. The van der Waals surface area contributed by atoms with E-state index in [9.17, 15) is 19.8 Å². The molecule has 8 heteroatoms. The summed E-state index contributed by atoms with van der Waals surface area (Å²) in [6.45, 7) is 0. The predicted octanol–water partition coefficient (Wildman–Crippen LogP) is 4.39. The number of anilines is 2. The van der Waals surface area contributed by atoms with Crippen LogP contribution in [0.2, 0.25) is 0 Å². The Morgan fingerprint density at radius 1 is 0.559 bits per heavy atom. The lowest BCUT2D eigenvalue weighted by Crippen LogP contribution is -2.08. The van der Waals surface area contributed by atoms with Crippen LogP contribution in [0.25, 0.3) is 0 Å². The van der Waals surface area contributed by atoms with Gasteiger partial charge >= 0.3 is 11.9 Å². The van der Waals surface area contributed by atoms with Crippen LogP contribution in [0.3, 0.4) is 0 Å². The molecule has 4 rings (SSSR count). The van der Waals surface area contributed by atoms with Crippen LogP contribution in [0.15, 0.2) is 97.1 Å². The Balaban J connectivity index is 0.000000191. The number of ether oxygens (including phenoxy) is 2. The molecule has 6 N–H and O–H groups in total. The Labute approximate surface area is 195 Å². The molecule has 0 radical (unpaired) electrons. The molecule has 0 unspecified atom stereocenters. The minimum absolute atomic E-state index is 0.0862. The molecule has 4 aromatic carbocycles. The maximum Gasteiger partial charge on any atom is 0.347 e. The maximum absolute atomic E-state index is 11.7. The predicted molar refractivity (Wildman–Crippen MR) is 128 cm³/mol. The second-order valence-electron chi connectivity index (χ2n) is 6.96. The lowest BCUT2D eigenvalue weighted by molar-refractivity contribution is 0.0721. The van der Waals surface area contributed by atoms with E-state index in [0.717, 1.165) is 0 Å². The van der Waals surface area contributed by atoms with Gasteiger partial charge in [-0.15, -0.1) is 0 Å². The van der Waals surface area contributed by atoms with E-state index < -0.39 is 11.9 Å². The van der Waals surface area contributed by atoms with Gasteiger partial charge in [-0.3, -0.25) is 0 Å². The van der Waals surface area contributed by atoms with Gasteiger partial charge in [-0.2, -0.15) is 0 Å². The summed E-state index contributed by atoms with van der Waals surface area (Å²) in [6.07, 6.45) is 0. The summed E-state index contributed by atoms with van der Waals surface area (Å²) in [4.78, 5) is 23.4. The van der Waals surface area contributed by atoms with Crippen LogP contribution in [0.4, 0.5) is 11.4 Å². The van der Waals surface area contributed by atoms with Crippen molar-refractivity contribution in [2.24, 2.45) is 0 Å². The van der Waals surface area contributed by atoms with Crippen molar-refractivity contribution in [2.45, 2.75) is 0 Å². The first-order valence-corrected chi connectivity index (χ1v) is 10.0. The Morgan fingerprint density at radius 3 is 1.24 bits per heavy atom. The molecule has 0 aliphatic rings. The molecular weight excluding hydrogens is 436 g/mol. The Hall–Kier alpha value is -4.98. The number of phenols is 2. The third-order valence-corrected chi connectivity index (χ3v) is 4.39. The van der Waals surface area contributed by atoms with Gasteiger partial charge in [0.1, 0.15) is 34.1 Å². The van der Waals surface area contributed by atoms with E-state index in [1.165, 1.54) is 36.4 Å². The molecule has 0 saturated heterocycles. The largest absolute Gasteiger partial charge is 0.507 e. The highest BCUT2D eigenvalue weighted by Gasteiger charge is 2.14. The van der Waals surface area contributed by atoms with Crippen LogP contribution in [0.5, 0.6) is 23.0 Å². The summed E-state index contributed by atoms with van der Waals surface area (Å²) >= 11 is 0. The average Bonchev–Trinajstić information content (AvgIpc) is 2.80. The van der Waals surface area contributed by atoms with Gasteiger partial charge in [0, 0.05) is 23.5 Å². The van der Waals surface area contributed by atoms with Crippen molar-refractivity contribution in [3.63, 3.8) is 0 Å². The zero-order valence-corrected chi connectivity index (χ0v) is 17.9. The van der Waals surface area contributed by atoms with Crippen molar-refractivity contribution in [2.75, 3.05) is 11.5 Å². The lowest BCUT2D eigenvalue weighted by atomic mass is 10.2. The van der Waals surface area contributed by atoms with Gasteiger partial charge in [-0.1, -0.05) is 36.4 Å². The number of esters is 2. The fraction of sp³-hybridized carbons (Fsp3) is 0. The van der Waals surface area contributed by atoms with Gasteiger partial charge in [-0.25, -0.2) is 9.59 Å². The van der Waals surface area contributed by atoms with Crippen LogP contribution in [0.1, 0.15) is 20.7 Å². The number of aromatic hydroxyl groups is 2. The number of phenolic OH excluding ortho intramolecular Hbond substituents is 2. The van der Waals surface area contributed by atoms with Crippen molar-refractivity contribution < 1.29 is 29.3 Å². The fourth-order valence-electron chi connectivity index (χ4n) is 2.74. The van der Waals surface area contributed by atoms with Crippen LogP contribution < -0.4 is 20.9 Å². The third kappa shape index (κ3) is 6.51. The zero-order chi connectivity index (χ0) is 24.5. The fourth-order valence-corrected chi connectivity index (χ4v) is 2.74. The normalized spacial score (nSPS) is 9.88. The quantitative estimate of drug-likeness (QED) is 0.200. The first-order chi connectivity index (χ1) is 16.3. The van der Waals surface area contributed by atoms with Gasteiger partial charge in [0.2, 0.25) is 0 Å². The average molecular weight is 458 g/mol. The SMILES string of the molecule is Nc1ccc(C(=O)Oc2ccccc2)c(O)c1.Nc1ccc(C(=O)Oc2ccccc2)c(O)c1. The standard InChI is InChI=1S/2C13H11NO3/c2*14-9-6-7-11(12(15)8-9)13(16)17-10-4-2-1-3-5-10/h2*1-8,15H,14H2. The molecule has 0 aromatic heterocycles. The molecule has 0 aliphatic heterocycles. The van der Waals surface area contributed by atoms with E-state index >= 15 is 0 Å². The Kier molecular flexibility index (Phi) is 7.70. The summed E-state index contributed by atoms with van der Waals surface area (Å²) in [6, 6.07) is 25.8. The molecule has 34 heavy (non-hydrogen) atoms. The highest BCUT2D eigenvalue weighted by molar-refractivity contribution is 5.95. The topological polar surface area (TPSA) is 145 Å². The number of hydrogen-bond acceptors (Lipinski definition) is 8. The number of carbonyl (C=O) groups excluding carboxylic acids is 2. The molecule has 172 valence electrons. The van der Waals surface area contributed by atoms with Crippen LogP contribution in [-0.2, 0) is 0 Å². The summed E-state index contributed by atoms with van der Waals surface area (Å²) in [5.74, 6) is -0.762. The number of benzene rings is 4. The molecule has 8 nitrogen and oxygen atoms in total. The van der Waals surface area contributed by atoms with Crippen LogP contribution in [0, 0.1) is 0 Å². The molecule has 0 saturated carbocycles. The number of rotatable bonds is 4. The van der Waals surface area contributed by atoms with Crippen molar-refractivity contribution >= 4 is 23.3 Å². The number of nitrogen functional groups attached to an aromatic ring is 2. The maximum atomic E-state index is 11.7. The first-order valence-electron chi connectivity index (χ1n) is 10.0. The number of hydrogen-bond donors (Lipinski definition) is 4. The third-order valence-electron chi connectivity index (χ3n) is 4.39. The van der Waals surface area contributed by atoms with Crippen LogP contribution >= 0.6 is 0 Å². The van der Waals surface area contributed by atoms with Crippen molar-refractivity contribution in [1.29, 1.82) is 0 Å². The van der Waals surface area contributed by atoms with E-state index in [-0.39, 0.29) is 22.6 Å². The molecule has 0 spiro atoms. The molecule has 0 amide bonds. The number of para-hydroxylation sites is 2. The molecular formula is C26H22N2O6. The van der Waals surface area contributed by atoms with E-state index in [4.69, 9.17) is 20.9 Å². The van der Waals surface area contributed by atoms with E-state index in [1.807, 2.05) is 12.1 Å². The minimum Gasteiger partial charge on any atom is -0.507 e. The first kappa shape index (κ1) is 23.7. The molecule has 0 atom stereocenters. The summed E-state index contributed by atoms with van der Waals surface area (Å²) in [5.41, 5.74) is 11.9.